The Morgan fingerprint density at radius 2 is 1.62 bits per heavy atom. The van der Waals surface area contributed by atoms with Crippen molar-refractivity contribution in [2.24, 2.45) is 5.92 Å². The van der Waals surface area contributed by atoms with Crippen molar-refractivity contribution >= 4 is 11.2 Å². The topological polar surface area (TPSA) is 116 Å². The van der Waals surface area contributed by atoms with Gasteiger partial charge in [0, 0.05) is 31.1 Å². The molecule has 0 aliphatic heterocycles. The highest BCUT2D eigenvalue weighted by atomic mass is 16.2. The quantitative estimate of drug-likeness (QED) is 0.303. The Bertz CT molecular complexity index is 1710. The summed E-state index contributed by atoms with van der Waals surface area (Å²) < 4.78 is 5.04. The summed E-state index contributed by atoms with van der Waals surface area (Å²) in [5.74, 6) is 1.70. The normalized spacial score (nSPS) is 11.8. The number of fused-ring (bicyclic) bond motifs is 1. The summed E-state index contributed by atoms with van der Waals surface area (Å²) in [5, 5.41) is 14.3. The molecule has 5 aromatic rings. The first kappa shape index (κ1) is 26.3. The van der Waals surface area contributed by atoms with Crippen molar-refractivity contribution in [3.63, 3.8) is 0 Å². The van der Waals surface area contributed by atoms with Gasteiger partial charge in [0.1, 0.15) is 5.82 Å². The average molecular weight is 527 g/mol. The van der Waals surface area contributed by atoms with Crippen LogP contribution in [0.1, 0.15) is 58.3 Å². The molecule has 2 aromatic carbocycles. The maximum Gasteiger partial charge on any atom is 0.332 e. The van der Waals surface area contributed by atoms with Gasteiger partial charge in [0.15, 0.2) is 17.0 Å². The Hall–Kier alpha value is -4.34. The van der Waals surface area contributed by atoms with Crippen LogP contribution in [0.25, 0.3) is 33.7 Å². The Labute approximate surface area is 226 Å². The van der Waals surface area contributed by atoms with E-state index in [2.05, 4.69) is 72.6 Å². The van der Waals surface area contributed by atoms with Crippen LogP contribution in [0.3, 0.4) is 0 Å². The van der Waals surface area contributed by atoms with Crippen molar-refractivity contribution in [2.45, 2.75) is 66.6 Å². The van der Waals surface area contributed by atoms with Gasteiger partial charge in [-0.05, 0) is 39.5 Å². The van der Waals surface area contributed by atoms with E-state index in [0.717, 1.165) is 28.1 Å². The smallest absolute Gasteiger partial charge is 0.317 e. The molecule has 1 N–H and O–H groups in total. The van der Waals surface area contributed by atoms with E-state index in [1.807, 2.05) is 35.8 Å². The van der Waals surface area contributed by atoms with Gasteiger partial charge >= 0.3 is 5.69 Å². The van der Waals surface area contributed by atoms with Gasteiger partial charge in [-0.3, -0.25) is 13.9 Å². The van der Waals surface area contributed by atoms with E-state index in [9.17, 15) is 9.59 Å². The van der Waals surface area contributed by atoms with Crippen LogP contribution < -0.4 is 11.2 Å². The third kappa shape index (κ3) is 4.94. The van der Waals surface area contributed by atoms with Crippen molar-refractivity contribution in [3.8, 4) is 22.5 Å². The zero-order valence-electron chi connectivity index (χ0n) is 23.0. The van der Waals surface area contributed by atoms with Crippen molar-refractivity contribution in [1.29, 1.82) is 0 Å². The van der Waals surface area contributed by atoms with Crippen molar-refractivity contribution in [1.82, 2.24) is 39.3 Å². The zero-order valence-corrected chi connectivity index (χ0v) is 23.0. The van der Waals surface area contributed by atoms with Gasteiger partial charge in [0.2, 0.25) is 0 Å². The SMILES string of the molecule is CCCn1c(=O)c2c(nc(C(C)C)n2Cc2ccc(-c3ccccc3-c3nnn[nH]3)cc2)n(CC(C)C)c1=O. The molecule has 0 unspecified atom stereocenters. The first-order valence-corrected chi connectivity index (χ1v) is 13.5. The van der Waals surface area contributed by atoms with Crippen LogP contribution in [0.2, 0.25) is 0 Å². The standard InChI is InChI=1S/C29H34N8O2/c1-6-15-35-28(38)24-27(37(29(35)39)16-18(2)3)30-26(19(4)5)36(24)17-20-11-13-21(14-12-20)22-9-7-8-10-23(22)25-31-33-34-32-25/h7-14,18-19H,6,15-17H2,1-5H3,(H,31,32,33,34). The summed E-state index contributed by atoms with van der Waals surface area (Å²) in [7, 11) is 0. The summed E-state index contributed by atoms with van der Waals surface area (Å²) >= 11 is 0. The van der Waals surface area contributed by atoms with Gasteiger partial charge in [-0.2, -0.15) is 0 Å². The largest absolute Gasteiger partial charge is 0.332 e. The molecule has 0 aliphatic carbocycles. The molecule has 202 valence electrons. The van der Waals surface area contributed by atoms with Crippen molar-refractivity contribution in [3.05, 3.63) is 80.8 Å². The summed E-state index contributed by atoms with van der Waals surface area (Å²) in [4.78, 5) is 31.9. The first-order valence-electron chi connectivity index (χ1n) is 13.5. The molecule has 0 bridgehead atoms. The van der Waals surface area contributed by atoms with Crippen LogP contribution in [-0.4, -0.2) is 39.3 Å². The Kier molecular flexibility index (Phi) is 7.28. The number of imidazole rings is 1. The molecular formula is C29H34N8O2. The van der Waals surface area contributed by atoms with E-state index >= 15 is 0 Å². The maximum atomic E-state index is 13.7. The minimum Gasteiger partial charge on any atom is -0.317 e. The van der Waals surface area contributed by atoms with Crippen molar-refractivity contribution < 1.29 is 0 Å². The van der Waals surface area contributed by atoms with Gasteiger partial charge in [-0.15, -0.1) is 5.10 Å². The summed E-state index contributed by atoms with van der Waals surface area (Å²) in [6, 6.07) is 16.2. The summed E-state index contributed by atoms with van der Waals surface area (Å²) in [6.07, 6.45) is 0.695. The average Bonchev–Trinajstić information content (AvgIpc) is 3.58. The molecule has 10 heteroatoms. The Morgan fingerprint density at radius 3 is 2.23 bits per heavy atom. The van der Waals surface area contributed by atoms with Gasteiger partial charge in [0.25, 0.3) is 5.56 Å². The molecule has 0 atom stereocenters. The lowest BCUT2D eigenvalue weighted by atomic mass is 9.98. The monoisotopic (exact) mass is 526 g/mol. The summed E-state index contributed by atoms with van der Waals surface area (Å²) in [6.45, 7) is 11.6. The van der Waals surface area contributed by atoms with Crippen LogP contribution in [-0.2, 0) is 19.6 Å². The third-order valence-electron chi connectivity index (χ3n) is 6.79. The van der Waals surface area contributed by atoms with Gasteiger partial charge < -0.3 is 4.57 Å². The van der Waals surface area contributed by atoms with E-state index in [-0.39, 0.29) is 23.1 Å². The summed E-state index contributed by atoms with van der Waals surface area (Å²) in [5.41, 5.74) is 4.38. The number of H-pyrrole nitrogens is 1. The lowest BCUT2D eigenvalue weighted by molar-refractivity contribution is 0.484. The number of nitrogens with zero attached hydrogens (tertiary/aromatic N) is 7. The molecule has 0 amide bonds. The van der Waals surface area contributed by atoms with Crippen LogP contribution >= 0.6 is 0 Å². The number of aromatic nitrogens is 8. The number of tetrazole rings is 1. The highest BCUT2D eigenvalue weighted by Gasteiger charge is 2.23. The molecule has 0 saturated heterocycles. The molecule has 0 spiro atoms. The van der Waals surface area contributed by atoms with Crippen LogP contribution in [0.15, 0.2) is 58.1 Å². The van der Waals surface area contributed by atoms with E-state index in [1.165, 1.54) is 4.57 Å². The fourth-order valence-electron chi connectivity index (χ4n) is 5.05. The maximum absolute atomic E-state index is 13.7. The van der Waals surface area contributed by atoms with E-state index in [4.69, 9.17) is 4.98 Å². The molecule has 0 saturated carbocycles. The van der Waals surface area contributed by atoms with Crippen LogP contribution in [0.4, 0.5) is 0 Å². The second-order valence-corrected chi connectivity index (χ2v) is 10.6. The number of aromatic amines is 1. The number of rotatable bonds is 9. The van der Waals surface area contributed by atoms with Crippen LogP contribution in [0, 0.1) is 5.92 Å². The Balaban J connectivity index is 1.61. The van der Waals surface area contributed by atoms with E-state index < -0.39 is 0 Å². The van der Waals surface area contributed by atoms with Crippen LogP contribution in [0.5, 0.6) is 0 Å². The predicted molar refractivity (Wildman–Crippen MR) is 152 cm³/mol. The van der Waals surface area contributed by atoms with Crippen molar-refractivity contribution in [2.75, 3.05) is 0 Å². The molecule has 3 heterocycles. The number of nitrogens with one attached hydrogen (secondary N) is 1. The lowest BCUT2D eigenvalue weighted by Crippen LogP contribution is -2.41. The number of benzene rings is 2. The highest BCUT2D eigenvalue weighted by Crippen LogP contribution is 2.30. The van der Waals surface area contributed by atoms with Gasteiger partial charge in [0.05, 0.1) is 0 Å². The number of hydrogen-bond donors (Lipinski definition) is 1. The Morgan fingerprint density at radius 1 is 0.897 bits per heavy atom. The van der Waals surface area contributed by atoms with Gasteiger partial charge in [-0.1, -0.05) is 83.1 Å². The molecule has 3 aromatic heterocycles. The lowest BCUT2D eigenvalue weighted by Gasteiger charge is -2.15. The first-order chi connectivity index (χ1) is 18.8. The van der Waals surface area contributed by atoms with E-state index in [1.54, 1.807) is 4.57 Å². The molecular weight excluding hydrogens is 492 g/mol. The molecule has 5 rings (SSSR count). The molecule has 10 nitrogen and oxygen atoms in total. The predicted octanol–water partition coefficient (Wildman–Crippen LogP) is 4.44. The molecule has 0 fully saturated rings. The minimum atomic E-state index is -0.284. The fourth-order valence-corrected chi connectivity index (χ4v) is 5.05. The molecule has 0 aliphatic rings. The highest BCUT2D eigenvalue weighted by molar-refractivity contribution is 5.80. The number of hydrogen-bond acceptors (Lipinski definition) is 6. The zero-order chi connectivity index (χ0) is 27.7. The minimum absolute atomic E-state index is 0.0701. The second-order valence-electron chi connectivity index (χ2n) is 10.6. The van der Waals surface area contributed by atoms with E-state index in [0.29, 0.717) is 43.0 Å². The fraction of sp³-hybridized carbons (Fsp3) is 0.379. The van der Waals surface area contributed by atoms with Gasteiger partial charge in [-0.25, -0.2) is 14.9 Å². The molecule has 0 radical (unpaired) electrons. The second kappa shape index (κ2) is 10.8. The molecule has 39 heavy (non-hydrogen) atoms. The third-order valence-corrected chi connectivity index (χ3v) is 6.79.